The van der Waals surface area contributed by atoms with E-state index in [1.165, 1.54) is 44.6 Å². The van der Waals surface area contributed by atoms with Gasteiger partial charge in [0.05, 0.1) is 0 Å². The van der Waals surface area contributed by atoms with E-state index in [1.54, 1.807) is 6.07 Å². The Labute approximate surface area is 110 Å². The van der Waals surface area contributed by atoms with E-state index in [9.17, 15) is 4.39 Å². The molecule has 1 fully saturated rings. The molecule has 0 saturated heterocycles. The van der Waals surface area contributed by atoms with Gasteiger partial charge in [0, 0.05) is 18.2 Å². The van der Waals surface area contributed by atoms with E-state index < -0.39 is 0 Å². The van der Waals surface area contributed by atoms with Crippen molar-refractivity contribution in [1.29, 1.82) is 0 Å². The molecule has 0 radical (unpaired) electrons. The summed E-state index contributed by atoms with van der Waals surface area (Å²) in [6.07, 6.45) is 7.80. The monoisotopic (exact) mass is 249 g/mol. The van der Waals surface area contributed by atoms with Crippen LogP contribution in [-0.4, -0.2) is 6.04 Å². The molecule has 0 aliphatic heterocycles. The molecule has 2 rings (SSSR count). The van der Waals surface area contributed by atoms with Gasteiger partial charge in [0.2, 0.25) is 0 Å². The standard InChI is InChI=1S/C16H24FN/c1-2-13-6-5-8-15(11-10-13)18-12-14-7-3-4-9-16(14)17/h3-4,7,9,13,15,18H,2,5-6,8,10-12H2,1H3. The van der Waals surface area contributed by atoms with Gasteiger partial charge in [0.15, 0.2) is 0 Å². The van der Waals surface area contributed by atoms with Crippen LogP contribution in [0.4, 0.5) is 4.39 Å². The first-order valence-electron chi connectivity index (χ1n) is 7.26. The maximum absolute atomic E-state index is 13.5. The lowest BCUT2D eigenvalue weighted by atomic mass is 9.98. The number of rotatable bonds is 4. The molecule has 2 heteroatoms. The minimum atomic E-state index is -0.0925. The predicted octanol–water partition coefficient (Wildman–Crippen LogP) is 4.27. The fraction of sp³-hybridized carbons (Fsp3) is 0.625. The van der Waals surface area contributed by atoms with E-state index in [2.05, 4.69) is 12.2 Å². The van der Waals surface area contributed by atoms with E-state index in [0.717, 1.165) is 11.5 Å². The third-order valence-electron chi connectivity index (χ3n) is 4.20. The van der Waals surface area contributed by atoms with Crippen molar-refractivity contribution in [2.24, 2.45) is 5.92 Å². The van der Waals surface area contributed by atoms with Crippen molar-refractivity contribution in [3.63, 3.8) is 0 Å². The Morgan fingerprint density at radius 1 is 1.17 bits per heavy atom. The molecule has 100 valence electrons. The lowest BCUT2D eigenvalue weighted by Gasteiger charge is -2.17. The third-order valence-corrected chi connectivity index (χ3v) is 4.20. The Bertz CT molecular complexity index is 364. The minimum absolute atomic E-state index is 0.0925. The molecule has 1 aliphatic carbocycles. The van der Waals surface area contributed by atoms with E-state index in [-0.39, 0.29) is 5.82 Å². The number of hydrogen-bond donors (Lipinski definition) is 1. The highest BCUT2D eigenvalue weighted by molar-refractivity contribution is 5.17. The van der Waals surface area contributed by atoms with Crippen molar-refractivity contribution in [2.45, 2.75) is 58.0 Å². The molecule has 0 amide bonds. The Morgan fingerprint density at radius 3 is 2.78 bits per heavy atom. The molecule has 0 aromatic heterocycles. The summed E-state index contributed by atoms with van der Waals surface area (Å²) in [6, 6.07) is 7.63. The second-order valence-corrected chi connectivity index (χ2v) is 5.45. The van der Waals surface area contributed by atoms with E-state index >= 15 is 0 Å². The second-order valence-electron chi connectivity index (χ2n) is 5.45. The largest absolute Gasteiger partial charge is 0.310 e. The molecule has 2 atom stereocenters. The lowest BCUT2D eigenvalue weighted by Crippen LogP contribution is -2.28. The van der Waals surface area contributed by atoms with Gasteiger partial charge in [-0.25, -0.2) is 4.39 Å². The molecular weight excluding hydrogens is 225 g/mol. The van der Waals surface area contributed by atoms with Crippen LogP contribution in [0, 0.1) is 11.7 Å². The number of nitrogens with one attached hydrogen (secondary N) is 1. The zero-order chi connectivity index (χ0) is 12.8. The fourth-order valence-corrected chi connectivity index (χ4v) is 2.89. The normalized spacial score (nSPS) is 24.8. The quantitative estimate of drug-likeness (QED) is 0.786. The third kappa shape index (κ3) is 3.81. The van der Waals surface area contributed by atoms with Crippen molar-refractivity contribution in [3.8, 4) is 0 Å². The molecule has 1 aliphatic rings. The molecule has 18 heavy (non-hydrogen) atoms. The van der Waals surface area contributed by atoms with E-state index in [1.807, 2.05) is 12.1 Å². The Morgan fingerprint density at radius 2 is 2.00 bits per heavy atom. The highest BCUT2D eigenvalue weighted by Crippen LogP contribution is 2.25. The number of benzene rings is 1. The minimum Gasteiger partial charge on any atom is -0.310 e. The molecule has 1 aromatic rings. The molecule has 1 nitrogen and oxygen atoms in total. The van der Waals surface area contributed by atoms with Crippen LogP contribution in [0.25, 0.3) is 0 Å². The van der Waals surface area contributed by atoms with Crippen molar-refractivity contribution in [2.75, 3.05) is 0 Å². The molecule has 0 spiro atoms. The van der Waals surface area contributed by atoms with Crippen molar-refractivity contribution >= 4 is 0 Å². The van der Waals surface area contributed by atoms with Gasteiger partial charge in [0.25, 0.3) is 0 Å². The Balaban J connectivity index is 1.82. The first-order chi connectivity index (χ1) is 8.79. The molecule has 1 N–H and O–H groups in total. The maximum atomic E-state index is 13.5. The van der Waals surface area contributed by atoms with Gasteiger partial charge in [-0.3, -0.25) is 0 Å². The van der Waals surface area contributed by atoms with E-state index in [0.29, 0.717) is 12.6 Å². The molecule has 1 saturated carbocycles. The summed E-state index contributed by atoms with van der Waals surface area (Å²) in [4.78, 5) is 0. The first kappa shape index (κ1) is 13.5. The predicted molar refractivity (Wildman–Crippen MR) is 73.9 cm³/mol. The van der Waals surface area contributed by atoms with Crippen LogP contribution in [0.1, 0.15) is 51.0 Å². The molecule has 2 unspecified atom stereocenters. The van der Waals surface area contributed by atoms with Crippen LogP contribution in [0.15, 0.2) is 24.3 Å². The van der Waals surface area contributed by atoms with Crippen LogP contribution in [0.2, 0.25) is 0 Å². The molecule has 1 aromatic carbocycles. The zero-order valence-electron chi connectivity index (χ0n) is 11.3. The smallest absolute Gasteiger partial charge is 0.127 e. The van der Waals surface area contributed by atoms with Gasteiger partial charge in [0.1, 0.15) is 5.82 Å². The lowest BCUT2D eigenvalue weighted by molar-refractivity contribution is 0.423. The van der Waals surface area contributed by atoms with Gasteiger partial charge in [-0.15, -0.1) is 0 Å². The summed E-state index contributed by atoms with van der Waals surface area (Å²) in [6.45, 7) is 2.95. The van der Waals surface area contributed by atoms with Crippen molar-refractivity contribution in [3.05, 3.63) is 35.6 Å². The van der Waals surface area contributed by atoms with Crippen molar-refractivity contribution in [1.82, 2.24) is 5.32 Å². The second kappa shape index (κ2) is 6.89. The van der Waals surface area contributed by atoms with Gasteiger partial charge in [-0.1, -0.05) is 44.4 Å². The first-order valence-corrected chi connectivity index (χ1v) is 7.26. The highest BCUT2D eigenvalue weighted by atomic mass is 19.1. The van der Waals surface area contributed by atoms with Crippen LogP contribution in [0.3, 0.4) is 0 Å². The van der Waals surface area contributed by atoms with Crippen LogP contribution < -0.4 is 5.32 Å². The summed E-state index contributed by atoms with van der Waals surface area (Å²) in [5.74, 6) is 0.815. The SMILES string of the molecule is CCC1CCCC(NCc2ccccc2F)CC1. The number of halogens is 1. The van der Waals surface area contributed by atoms with E-state index in [4.69, 9.17) is 0 Å². The van der Waals surface area contributed by atoms with Gasteiger partial charge in [-0.2, -0.15) is 0 Å². The Hall–Kier alpha value is -0.890. The van der Waals surface area contributed by atoms with Crippen LogP contribution >= 0.6 is 0 Å². The average molecular weight is 249 g/mol. The summed E-state index contributed by atoms with van der Waals surface area (Å²) in [5.41, 5.74) is 0.786. The summed E-state index contributed by atoms with van der Waals surface area (Å²) < 4.78 is 13.5. The summed E-state index contributed by atoms with van der Waals surface area (Å²) in [7, 11) is 0. The fourth-order valence-electron chi connectivity index (χ4n) is 2.89. The topological polar surface area (TPSA) is 12.0 Å². The van der Waals surface area contributed by atoms with Crippen molar-refractivity contribution < 1.29 is 4.39 Å². The van der Waals surface area contributed by atoms with Gasteiger partial charge < -0.3 is 5.32 Å². The van der Waals surface area contributed by atoms with Crippen LogP contribution in [-0.2, 0) is 6.54 Å². The molecular formula is C16H24FN. The molecule has 0 heterocycles. The highest BCUT2D eigenvalue weighted by Gasteiger charge is 2.17. The number of hydrogen-bond acceptors (Lipinski definition) is 1. The maximum Gasteiger partial charge on any atom is 0.127 e. The molecule has 0 bridgehead atoms. The van der Waals surface area contributed by atoms with Gasteiger partial charge in [-0.05, 0) is 31.2 Å². The summed E-state index contributed by atoms with van der Waals surface area (Å²) in [5, 5.41) is 3.52. The van der Waals surface area contributed by atoms with Gasteiger partial charge >= 0.3 is 0 Å². The van der Waals surface area contributed by atoms with Crippen LogP contribution in [0.5, 0.6) is 0 Å². The Kier molecular flexibility index (Phi) is 5.18. The summed E-state index contributed by atoms with van der Waals surface area (Å²) >= 11 is 0. The zero-order valence-corrected chi connectivity index (χ0v) is 11.3. The average Bonchev–Trinajstić information content (AvgIpc) is 2.63.